The number of benzene rings is 1. The molecule has 3 heteroatoms. The minimum absolute atomic E-state index is 0.713. The zero-order chi connectivity index (χ0) is 12.9. The van der Waals surface area contributed by atoms with Crippen molar-refractivity contribution in [1.29, 1.82) is 0 Å². The summed E-state index contributed by atoms with van der Waals surface area (Å²) in [6, 6.07) is 9.16. The molecule has 1 unspecified atom stereocenters. The van der Waals surface area contributed by atoms with Gasteiger partial charge in [-0.05, 0) is 44.4 Å². The molecule has 1 aromatic rings. The molecule has 19 heavy (non-hydrogen) atoms. The quantitative estimate of drug-likeness (QED) is 0.904. The fourth-order valence-electron chi connectivity index (χ4n) is 3.11. The van der Waals surface area contributed by atoms with Crippen LogP contribution in [0.2, 0.25) is 0 Å². The number of piperidine rings is 1. The van der Waals surface area contributed by atoms with Crippen molar-refractivity contribution in [1.82, 2.24) is 5.32 Å². The van der Waals surface area contributed by atoms with Crippen molar-refractivity contribution < 1.29 is 4.74 Å². The molecule has 1 fully saturated rings. The Kier molecular flexibility index (Phi) is 4.23. The molecule has 0 radical (unpaired) electrons. The van der Waals surface area contributed by atoms with E-state index in [2.05, 4.69) is 34.5 Å². The predicted molar refractivity (Wildman–Crippen MR) is 79.0 cm³/mol. The highest BCUT2D eigenvalue weighted by molar-refractivity contribution is 5.58. The minimum atomic E-state index is 0.713. The summed E-state index contributed by atoms with van der Waals surface area (Å²) in [7, 11) is 0. The van der Waals surface area contributed by atoms with Crippen LogP contribution in [0.4, 0.5) is 5.69 Å². The molecule has 0 aliphatic carbocycles. The maximum atomic E-state index is 5.81. The highest BCUT2D eigenvalue weighted by Gasteiger charge is 2.18. The lowest BCUT2D eigenvalue weighted by molar-refractivity contribution is 0.322. The lowest BCUT2D eigenvalue weighted by Gasteiger charge is -2.28. The van der Waals surface area contributed by atoms with E-state index in [1.54, 1.807) is 0 Å². The van der Waals surface area contributed by atoms with E-state index < -0.39 is 0 Å². The van der Waals surface area contributed by atoms with Gasteiger partial charge < -0.3 is 15.0 Å². The molecule has 0 spiro atoms. The molecular weight excluding hydrogens is 236 g/mol. The van der Waals surface area contributed by atoms with Crippen molar-refractivity contribution in [2.24, 2.45) is 0 Å². The van der Waals surface area contributed by atoms with Crippen LogP contribution >= 0.6 is 0 Å². The minimum Gasteiger partial charge on any atom is -0.491 e. The molecule has 0 aromatic heterocycles. The molecule has 1 N–H and O–H groups in total. The normalized spacial score (nSPS) is 23.4. The number of rotatable bonds is 3. The fraction of sp³-hybridized carbons (Fsp3) is 0.625. The molecule has 2 aliphatic rings. The lowest BCUT2D eigenvalue weighted by atomic mass is 10.0. The van der Waals surface area contributed by atoms with E-state index in [1.165, 1.54) is 37.9 Å². The average Bonchev–Trinajstić information content (AvgIpc) is 2.68. The Morgan fingerprint density at radius 2 is 2.16 bits per heavy atom. The first-order chi connectivity index (χ1) is 9.43. The van der Waals surface area contributed by atoms with Crippen LogP contribution in [0, 0.1) is 0 Å². The SMILES string of the molecule is c1ccc2c(c1)OCCCN2CCC1CCCCN1. The van der Waals surface area contributed by atoms with Gasteiger partial charge in [-0.1, -0.05) is 18.6 Å². The Balaban J connectivity index is 1.63. The van der Waals surface area contributed by atoms with Crippen LogP contribution in [0.1, 0.15) is 32.1 Å². The van der Waals surface area contributed by atoms with Crippen LogP contribution < -0.4 is 15.0 Å². The van der Waals surface area contributed by atoms with Gasteiger partial charge in [-0.15, -0.1) is 0 Å². The third-order valence-electron chi connectivity index (χ3n) is 4.20. The van der Waals surface area contributed by atoms with Gasteiger partial charge in [-0.2, -0.15) is 0 Å². The summed E-state index contributed by atoms with van der Waals surface area (Å²) in [5, 5.41) is 3.64. The van der Waals surface area contributed by atoms with Gasteiger partial charge in [0.1, 0.15) is 5.75 Å². The first-order valence-electron chi connectivity index (χ1n) is 7.63. The van der Waals surface area contributed by atoms with Gasteiger partial charge in [0.15, 0.2) is 0 Å². The highest BCUT2D eigenvalue weighted by atomic mass is 16.5. The monoisotopic (exact) mass is 260 g/mol. The van der Waals surface area contributed by atoms with Crippen molar-refractivity contribution in [3.63, 3.8) is 0 Å². The Morgan fingerprint density at radius 1 is 1.21 bits per heavy atom. The molecule has 1 atom stereocenters. The fourth-order valence-corrected chi connectivity index (χ4v) is 3.11. The van der Waals surface area contributed by atoms with E-state index in [4.69, 9.17) is 4.74 Å². The van der Waals surface area contributed by atoms with Crippen molar-refractivity contribution in [2.45, 2.75) is 38.1 Å². The number of para-hydroxylation sites is 2. The third kappa shape index (κ3) is 3.21. The number of anilines is 1. The molecule has 3 rings (SSSR count). The molecule has 0 bridgehead atoms. The zero-order valence-electron chi connectivity index (χ0n) is 11.6. The van der Waals surface area contributed by atoms with Gasteiger partial charge >= 0.3 is 0 Å². The molecule has 1 aromatic carbocycles. The average molecular weight is 260 g/mol. The number of hydrogen-bond donors (Lipinski definition) is 1. The molecule has 104 valence electrons. The second-order valence-electron chi connectivity index (χ2n) is 5.59. The first kappa shape index (κ1) is 12.8. The van der Waals surface area contributed by atoms with E-state index in [0.717, 1.165) is 31.9 Å². The summed E-state index contributed by atoms with van der Waals surface area (Å²) < 4.78 is 5.81. The Morgan fingerprint density at radius 3 is 3.05 bits per heavy atom. The predicted octanol–water partition coefficient (Wildman–Crippen LogP) is 2.81. The van der Waals surface area contributed by atoms with Crippen LogP contribution in [0.5, 0.6) is 5.75 Å². The third-order valence-corrected chi connectivity index (χ3v) is 4.20. The molecule has 2 heterocycles. The van der Waals surface area contributed by atoms with Crippen molar-refractivity contribution in [2.75, 3.05) is 31.1 Å². The number of hydrogen-bond acceptors (Lipinski definition) is 3. The summed E-state index contributed by atoms with van der Waals surface area (Å²) in [6.45, 7) is 4.29. The van der Waals surface area contributed by atoms with Gasteiger partial charge in [0, 0.05) is 19.1 Å². The zero-order valence-corrected chi connectivity index (χ0v) is 11.6. The summed E-state index contributed by atoms with van der Waals surface area (Å²) in [5.74, 6) is 1.05. The van der Waals surface area contributed by atoms with E-state index in [0.29, 0.717) is 6.04 Å². The van der Waals surface area contributed by atoms with E-state index in [-0.39, 0.29) is 0 Å². The summed E-state index contributed by atoms with van der Waals surface area (Å²) in [4.78, 5) is 2.50. The van der Waals surface area contributed by atoms with Gasteiger partial charge in [0.05, 0.1) is 12.3 Å². The second-order valence-corrected chi connectivity index (χ2v) is 5.59. The maximum Gasteiger partial charge on any atom is 0.142 e. The smallest absolute Gasteiger partial charge is 0.142 e. The van der Waals surface area contributed by atoms with E-state index >= 15 is 0 Å². The standard InChI is InChI=1S/C16H24N2O/c1-2-8-16-15(7-1)18(11-5-13-19-16)12-9-14-6-3-4-10-17-14/h1-2,7-8,14,17H,3-6,9-13H2. The molecular formula is C16H24N2O. The molecule has 3 nitrogen and oxygen atoms in total. The van der Waals surface area contributed by atoms with Gasteiger partial charge in [-0.3, -0.25) is 0 Å². The molecule has 1 saturated heterocycles. The van der Waals surface area contributed by atoms with Gasteiger partial charge in [0.25, 0.3) is 0 Å². The molecule has 0 amide bonds. The Hall–Kier alpha value is -1.22. The lowest BCUT2D eigenvalue weighted by Crippen LogP contribution is -2.37. The van der Waals surface area contributed by atoms with E-state index in [9.17, 15) is 0 Å². The van der Waals surface area contributed by atoms with Crippen LogP contribution in [0.15, 0.2) is 24.3 Å². The second kappa shape index (κ2) is 6.29. The molecule has 2 aliphatic heterocycles. The van der Waals surface area contributed by atoms with E-state index in [1.807, 2.05) is 0 Å². The Bertz CT molecular complexity index is 401. The summed E-state index contributed by atoms with van der Waals surface area (Å²) in [6.07, 6.45) is 6.43. The number of fused-ring (bicyclic) bond motifs is 1. The largest absolute Gasteiger partial charge is 0.491 e. The van der Waals surface area contributed by atoms with Crippen LogP contribution in [0.25, 0.3) is 0 Å². The number of ether oxygens (including phenoxy) is 1. The summed E-state index contributed by atoms with van der Waals surface area (Å²) >= 11 is 0. The first-order valence-corrected chi connectivity index (χ1v) is 7.63. The number of nitrogens with one attached hydrogen (secondary N) is 1. The highest BCUT2D eigenvalue weighted by Crippen LogP contribution is 2.30. The maximum absolute atomic E-state index is 5.81. The summed E-state index contributed by atoms with van der Waals surface area (Å²) in [5.41, 5.74) is 1.27. The van der Waals surface area contributed by atoms with Crippen molar-refractivity contribution in [3.8, 4) is 5.75 Å². The van der Waals surface area contributed by atoms with Crippen molar-refractivity contribution in [3.05, 3.63) is 24.3 Å². The van der Waals surface area contributed by atoms with Gasteiger partial charge in [-0.25, -0.2) is 0 Å². The van der Waals surface area contributed by atoms with Gasteiger partial charge in [0.2, 0.25) is 0 Å². The Labute approximate surface area is 115 Å². The van der Waals surface area contributed by atoms with Crippen LogP contribution in [-0.4, -0.2) is 32.3 Å². The molecule has 0 saturated carbocycles. The van der Waals surface area contributed by atoms with Crippen LogP contribution in [-0.2, 0) is 0 Å². The number of nitrogens with zero attached hydrogens (tertiary/aromatic N) is 1. The topological polar surface area (TPSA) is 24.5 Å². The van der Waals surface area contributed by atoms with Crippen molar-refractivity contribution >= 4 is 5.69 Å². The van der Waals surface area contributed by atoms with Crippen LogP contribution in [0.3, 0.4) is 0 Å².